The van der Waals surface area contributed by atoms with Crippen LogP contribution in [-0.4, -0.2) is 37.6 Å². The summed E-state index contributed by atoms with van der Waals surface area (Å²) in [6.07, 6.45) is 7.02. The van der Waals surface area contributed by atoms with E-state index in [-0.39, 0.29) is 35.4 Å². The smallest absolute Gasteiger partial charge is 0.343 e. The first kappa shape index (κ1) is 17.1. The van der Waals surface area contributed by atoms with Crippen molar-refractivity contribution in [2.45, 2.75) is 51.5 Å². The second kappa shape index (κ2) is 5.22. The van der Waals surface area contributed by atoms with Crippen molar-refractivity contribution in [2.75, 3.05) is 13.7 Å². The molecule has 0 aromatic heterocycles. The van der Waals surface area contributed by atoms with Gasteiger partial charge in [-0.2, -0.15) is 0 Å². The zero-order valence-electron chi connectivity index (χ0n) is 16.8. The maximum atomic E-state index is 12.2. The fourth-order valence-electron chi connectivity index (χ4n) is 7.36. The van der Waals surface area contributed by atoms with Crippen LogP contribution >= 0.6 is 0 Å². The summed E-state index contributed by atoms with van der Waals surface area (Å²) >= 11 is 0. The standard InChI is InChI=1S/C22H27NO5/c1-5-6-7-21-13-9-23-20(21)22-15(12(13)8-14(21)27-22)10(2)17(28-22)18-16(25-4)11(3)19(24)26-18/h6-7,10,12-15,20,23H,5,8-9H2,1-4H3. The summed E-state index contributed by atoms with van der Waals surface area (Å²) in [6, 6.07) is 0.135. The minimum absolute atomic E-state index is 0.0270. The van der Waals surface area contributed by atoms with Crippen LogP contribution in [0.1, 0.15) is 33.6 Å². The van der Waals surface area contributed by atoms with Crippen molar-refractivity contribution in [1.82, 2.24) is 5.32 Å². The first-order chi connectivity index (χ1) is 13.5. The number of cyclic esters (lactones) is 1. The van der Waals surface area contributed by atoms with Gasteiger partial charge in [0.1, 0.15) is 5.76 Å². The molecule has 8 atom stereocenters. The molecule has 0 aromatic carbocycles. The molecule has 5 bridgehead atoms. The molecule has 6 rings (SSSR count). The van der Waals surface area contributed by atoms with E-state index in [4.69, 9.17) is 18.9 Å². The van der Waals surface area contributed by atoms with Crippen LogP contribution in [0.15, 0.2) is 35.0 Å². The van der Waals surface area contributed by atoms with E-state index in [0.29, 0.717) is 34.7 Å². The fourth-order valence-corrected chi connectivity index (χ4v) is 7.36. The van der Waals surface area contributed by atoms with Crippen molar-refractivity contribution in [3.8, 4) is 0 Å². The van der Waals surface area contributed by atoms with Crippen molar-refractivity contribution in [1.29, 1.82) is 0 Å². The van der Waals surface area contributed by atoms with Crippen LogP contribution in [0.3, 0.4) is 0 Å². The second-order valence-corrected chi connectivity index (χ2v) is 9.14. The average Bonchev–Trinajstić information content (AvgIpc) is 3.38. The molecule has 4 heterocycles. The number of hydrogen-bond acceptors (Lipinski definition) is 6. The summed E-state index contributed by atoms with van der Waals surface area (Å²) in [4.78, 5) is 12.2. The lowest BCUT2D eigenvalue weighted by atomic mass is 9.60. The highest BCUT2D eigenvalue weighted by Gasteiger charge is 2.84. The highest BCUT2D eigenvalue weighted by atomic mass is 16.7. The molecule has 4 aliphatic heterocycles. The molecule has 0 radical (unpaired) electrons. The van der Waals surface area contributed by atoms with Gasteiger partial charge in [0.05, 0.1) is 24.8 Å². The first-order valence-corrected chi connectivity index (χ1v) is 10.5. The molecule has 28 heavy (non-hydrogen) atoms. The molecule has 1 spiro atoms. The van der Waals surface area contributed by atoms with E-state index in [1.54, 1.807) is 14.0 Å². The molecule has 6 heteroatoms. The quantitative estimate of drug-likeness (QED) is 0.595. The molecule has 2 saturated carbocycles. The molecule has 2 aliphatic carbocycles. The van der Waals surface area contributed by atoms with Crippen LogP contribution in [0, 0.1) is 29.1 Å². The van der Waals surface area contributed by atoms with Gasteiger partial charge >= 0.3 is 5.97 Å². The molecule has 5 fully saturated rings. The lowest BCUT2D eigenvalue weighted by Gasteiger charge is -2.45. The van der Waals surface area contributed by atoms with E-state index in [2.05, 4.69) is 31.3 Å². The molecule has 150 valence electrons. The second-order valence-electron chi connectivity index (χ2n) is 9.14. The van der Waals surface area contributed by atoms with Crippen LogP contribution in [0.25, 0.3) is 0 Å². The summed E-state index contributed by atoms with van der Waals surface area (Å²) in [5.41, 5.74) is 0.517. The molecule has 6 aliphatic rings. The Kier molecular flexibility index (Phi) is 3.19. The molecule has 0 aromatic rings. The van der Waals surface area contributed by atoms with Crippen molar-refractivity contribution in [3.05, 3.63) is 35.0 Å². The third-order valence-electron chi connectivity index (χ3n) is 8.24. The van der Waals surface area contributed by atoms with Gasteiger partial charge in [-0.25, -0.2) is 4.79 Å². The Hall–Kier alpha value is -1.79. The lowest BCUT2D eigenvalue weighted by Crippen LogP contribution is -2.58. The highest BCUT2D eigenvalue weighted by Crippen LogP contribution is 2.75. The predicted octanol–water partition coefficient (Wildman–Crippen LogP) is 2.63. The van der Waals surface area contributed by atoms with E-state index in [1.807, 2.05) is 0 Å². The number of rotatable bonds is 3. The van der Waals surface area contributed by atoms with E-state index in [1.165, 1.54) is 0 Å². The molecule has 8 unspecified atom stereocenters. The minimum Gasteiger partial charge on any atom is -0.492 e. The van der Waals surface area contributed by atoms with Crippen LogP contribution in [0.5, 0.6) is 0 Å². The van der Waals surface area contributed by atoms with E-state index < -0.39 is 5.79 Å². The molecule has 0 amide bonds. The van der Waals surface area contributed by atoms with Crippen molar-refractivity contribution >= 4 is 5.97 Å². The number of ether oxygens (including phenoxy) is 4. The minimum atomic E-state index is -0.678. The van der Waals surface area contributed by atoms with Gasteiger partial charge < -0.3 is 24.3 Å². The molecule has 3 saturated heterocycles. The summed E-state index contributed by atoms with van der Waals surface area (Å²) < 4.78 is 24.5. The maximum absolute atomic E-state index is 12.2. The summed E-state index contributed by atoms with van der Waals surface area (Å²) in [7, 11) is 1.57. The predicted molar refractivity (Wildman–Crippen MR) is 99.4 cm³/mol. The largest absolute Gasteiger partial charge is 0.492 e. The average molecular weight is 385 g/mol. The number of hydrogen-bond donors (Lipinski definition) is 1. The Morgan fingerprint density at radius 2 is 2.21 bits per heavy atom. The molecule has 1 N–H and O–H groups in total. The number of allylic oxidation sites excluding steroid dienone is 2. The van der Waals surface area contributed by atoms with Crippen LogP contribution < -0.4 is 5.32 Å². The maximum Gasteiger partial charge on any atom is 0.343 e. The number of fused-ring (bicyclic) bond motifs is 1. The normalized spacial score (nSPS) is 52.8. The zero-order chi connectivity index (χ0) is 19.4. The van der Waals surface area contributed by atoms with Gasteiger partial charge in [0.2, 0.25) is 11.5 Å². The lowest BCUT2D eigenvalue weighted by molar-refractivity contribution is -0.248. The van der Waals surface area contributed by atoms with Gasteiger partial charge in [0.25, 0.3) is 0 Å². The van der Waals surface area contributed by atoms with Crippen LogP contribution in [0.4, 0.5) is 0 Å². The Morgan fingerprint density at radius 1 is 1.39 bits per heavy atom. The Morgan fingerprint density at radius 3 is 2.96 bits per heavy atom. The zero-order valence-corrected chi connectivity index (χ0v) is 16.8. The fraction of sp³-hybridized carbons (Fsp3) is 0.682. The molecular formula is C22H27NO5. The number of nitrogens with one attached hydrogen (secondary N) is 1. The van der Waals surface area contributed by atoms with Gasteiger partial charge in [-0.1, -0.05) is 26.0 Å². The van der Waals surface area contributed by atoms with E-state index >= 15 is 0 Å². The van der Waals surface area contributed by atoms with Gasteiger partial charge in [-0.05, 0) is 38.1 Å². The van der Waals surface area contributed by atoms with Crippen LogP contribution in [0.2, 0.25) is 0 Å². The van der Waals surface area contributed by atoms with Gasteiger partial charge in [-0.15, -0.1) is 0 Å². The van der Waals surface area contributed by atoms with E-state index in [9.17, 15) is 4.79 Å². The van der Waals surface area contributed by atoms with Crippen molar-refractivity contribution < 1.29 is 23.7 Å². The van der Waals surface area contributed by atoms with Gasteiger partial charge in [-0.3, -0.25) is 0 Å². The van der Waals surface area contributed by atoms with Crippen molar-refractivity contribution in [3.63, 3.8) is 0 Å². The molecular weight excluding hydrogens is 358 g/mol. The third-order valence-corrected chi connectivity index (χ3v) is 8.24. The van der Waals surface area contributed by atoms with E-state index in [0.717, 1.165) is 19.4 Å². The number of esters is 1. The first-order valence-electron chi connectivity index (χ1n) is 10.5. The Bertz CT molecular complexity index is 874. The summed E-state index contributed by atoms with van der Waals surface area (Å²) in [5.74, 6) is 2.10. The van der Waals surface area contributed by atoms with Gasteiger partial charge in [0.15, 0.2) is 5.76 Å². The summed E-state index contributed by atoms with van der Waals surface area (Å²) in [5, 5.41) is 3.75. The SMILES string of the molecule is CCC=CC12C3CC4C5C(C)C(=C6OC(=O)C(C)=C6OC)OC5(O3)C1NCC42. The Balaban J connectivity index is 1.49. The highest BCUT2D eigenvalue weighted by molar-refractivity contribution is 5.93. The number of carbonyl (C=O) groups is 1. The van der Waals surface area contributed by atoms with Crippen molar-refractivity contribution in [2.24, 2.45) is 29.1 Å². The monoisotopic (exact) mass is 385 g/mol. The number of methoxy groups -OCH3 is 1. The third kappa shape index (κ3) is 1.60. The summed E-state index contributed by atoms with van der Waals surface area (Å²) in [6.45, 7) is 7.11. The topological polar surface area (TPSA) is 66.0 Å². The Labute approximate surface area is 164 Å². The van der Waals surface area contributed by atoms with Gasteiger partial charge in [0, 0.05) is 17.3 Å². The number of carbonyl (C=O) groups excluding carboxylic acids is 1. The molecule has 6 nitrogen and oxygen atoms in total. The van der Waals surface area contributed by atoms with Crippen LogP contribution in [-0.2, 0) is 23.7 Å².